The van der Waals surface area contributed by atoms with Gasteiger partial charge in [-0.1, -0.05) is 12.1 Å². The van der Waals surface area contributed by atoms with Crippen LogP contribution in [-0.4, -0.2) is 23.3 Å². The molecule has 0 bridgehead atoms. The highest BCUT2D eigenvalue weighted by Crippen LogP contribution is 2.18. The van der Waals surface area contributed by atoms with E-state index in [9.17, 15) is 4.79 Å². The molecule has 2 amide bonds. The molecule has 100 valence electrons. The van der Waals surface area contributed by atoms with E-state index in [-0.39, 0.29) is 6.03 Å². The number of ether oxygens (including phenoxy) is 1. The maximum absolute atomic E-state index is 11.6. The van der Waals surface area contributed by atoms with Gasteiger partial charge in [-0.15, -0.1) is 0 Å². The summed E-state index contributed by atoms with van der Waals surface area (Å²) in [5, 5.41) is 11.8. The minimum absolute atomic E-state index is 0.277. The Morgan fingerprint density at radius 3 is 3.00 bits per heavy atom. The Hall–Kier alpha value is -2.50. The van der Waals surface area contributed by atoms with Crippen molar-refractivity contribution in [3.63, 3.8) is 0 Å². The summed E-state index contributed by atoms with van der Waals surface area (Å²) in [6.07, 6.45) is 3.14. The van der Waals surface area contributed by atoms with Crippen molar-refractivity contribution in [3.8, 4) is 5.75 Å². The van der Waals surface area contributed by atoms with Crippen LogP contribution in [0.1, 0.15) is 11.1 Å². The van der Waals surface area contributed by atoms with Gasteiger partial charge in [0.05, 0.1) is 19.0 Å². The molecule has 0 saturated heterocycles. The van der Waals surface area contributed by atoms with Crippen LogP contribution in [0.2, 0.25) is 0 Å². The molecule has 0 fully saturated rings. The molecule has 3 N–H and O–H groups in total. The molecule has 0 unspecified atom stereocenters. The smallest absolute Gasteiger partial charge is 0.319 e. The SMILES string of the molecule is COc1cc(CNC(=O)Nc2cn[nH]c2)ccc1C. The number of anilines is 1. The van der Waals surface area contributed by atoms with Crippen molar-refractivity contribution >= 4 is 11.7 Å². The molecular formula is C13H16N4O2. The largest absolute Gasteiger partial charge is 0.496 e. The Labute approximate surface area is 111 Å². The van der Waals surface area contributed by atoms with Crippen molar-refractivity contribution < 1.29 is 9.53 Å². The molecule has 0 spiro atoms. The average Bonchev–Trinajstić information content (AvgIpc) is 2.90. The third-order valence-corrected chi connectivity index (χ3v) is 2.68. The lowest BCUT2D eigenvalue weighted by atomic mass is 10.1. The van der Waals surface area contributed by atoms with Gasteiger partial charge < -0.3 is 15.4 Å². The number of hydrogen-bond acceptors (Lipinski definition) is 3. The second-order valence-electron chi connectivity index (χ2n) is 4.10. The van der Waals surface area contributed by atoms with Crippen LogP contribution < -0.4 is 15.4 Å². The third-order valence-electron chi connectivity index (χ3n) is 2.68. The van der Waals surface area contributed by atoms with Crippen LogP contribution in [0.3, 0.4) is 0 Å². The van der Waals surface area contributed by atoms with E-state index < -0.39 is 0 Å². The number of hydrogen-bond donors (Lipinski definition) is 3. The van der Waals surface area contributed by atoms with E-state index in [1.807, 2.05) is 25.1 Å². The second kappa shape index (κ2) is 5.90. The fraction of sp³-hybridized carbons (Fsp3) is 0.231. The summed E-state index contributed by atoms with van der Waals surface area (Å²) < 4.78 is 5.24. The lowest BCUT2D eigenvalue weighted by Gasteiger charge is -2.09. The van der Waals surface area contributed by atoms with Crippen LogP contribution in [0.25, 0.3) is 0 Å². The van der Waals surface area contributed by atoms with Crippen LogP contribution in [0, 0.1) is 6.92 Å². The summed E-state index contributed by atoms with van der Waals surface area (Å²) in [5.74, 6) is 0.814. The molecule has 1 aromatic heterocycles. The number of aromatic amines is 1. The predicted octanol–water partition coefficient (Wildman–Crippen LogP) is 2.05. The minimum atomic E-state index is -0.277. The van der Waals surface area contributed by atoms with Crippen LogP contribution >= 0.6 is 0 Å². The van der Waals surface area contributed by atoms with Crippen molar-refractivity contribution in [2.45, 2.75) is 13.5 Å². The molecule has 1 heterocycles. The van der Waals surface area contributed by atoms with Gasteiger partial charge in [0.2, 0.25) is 0 Å². The maximum atomic E-state index is 11.6. The number of carbonyl (C=O) groups is 1. The topological polar surface area (TPSA) is 79.0 Å². The molecule has 0 aliphatic heterocycles. The van der Waals surface area contributed by atoms with Crippen LogP contribution in [-0.2, 0) is 6.54 Å². The number of nitrogens with zero attached hydrogens (tertiary/aromatic N) is 1. The maximum Gasteiger partial charge on any atom is 0.319 e. The number of aromatic nitrogens is 2. The van der Waals surface area contributed by atoms with E-state index in [0.717, 1.165) is 16.9 Å². The van der Waals surface area contributed by atoms with Gasteiger partial charge in [-0.05, 0) is 24.1 Å². The van der Waals surface area contributed by atoms with Gasteiger partial charge in [0.25, 0.3) is 0 Å². The Balaban J connectivity index is 1.89. The fourth-order valence-electron chi connectivity index (χ4n) is 1.65. The number of H-pyrrole nitrogens is 1. The van der Waals surface area contributed by atoms with Gasteiger partial charge in [0, 0.05) is 12.7 Å². The van der Waals surface area contributed by atoms with E-state index in [0.29, 0.717) is 12.2 Å². The van der Waals surface area contributed by atoms with Gasteiger partial charge in [0.15, 0.2) is 0 Å². The third kappa shape index (κ3) is 3.48. The number of amides is 2. The number of rotatable bonds is 4. The van der Waals surface area contributed by atoms with E-state index in [4.69, 9.17) is 4.74 Å². The summed E-state index contributed by atoms with van der Waals surface area (Å²) in [6.45, 7) is 2.40. The molecule has 0 radical (unpaired) electrons. The van der Waals surface area contributed by atoms with E-state index in [1.54, 1.807) is 13.3 Å². The Morgan fingerprint density at radius 1 is 1.47 bits per heavy atom. The van der Waals surface area contributed by atoms with Crippen LogP contribution in [0.5, 0.6) is 5.75 Å². The molecule has 2 aromatic rings. The van der Waals surface area contributed by atoms with Crippen molar-refractivity contribution in [1.82, 2.24) is 15.5 Å². The first kappa shape index (κ1) is 12.9. The Morgan fingerprint density at radius 2 is 2.32 bits per heavy atom. The number of nitrogens with one attached hydrogen (secondary N) is 3. The minimum Gasteiger partial charge on any atom is -0.496 e. The Bertz CT molecular complexity index is 552. The lowest BCUT2D eigenvalue weighted by Crippen LogP contribution is -2.28. The van der Waals surface area contributed by atoms with Crippen molar-refractivity contribution in [1.29, 1.82) is 0 Å². The normalized spacial score (nSPS) is 10.0. The zero-order valence-electron chi connectivity index (χ0n) is 10.9. The molecule has 6 heteroatoms. The standard InChI is InChI=1S/C13H16N4O2/c1-9-3-4-10(5-12(9)19-2)6-14-13(18)17-11-7-15-16-8-11/h3-5,7-8H,6H2,1-2H3,(H,15,16)(H2,14,17,18). The van der Waals surface area contributed by atoms with Gasteiger partial charge in [-0.25, -0.2) is 4.79 Å². The molecule has 2 rings (SSSR count). The molecule has 0 aliphatic rings. The first-order valence-electron chi connectivity index (χ1n) is 5.86. The summed E-state index contributed by atoms with van der Waals surface area (Å²) in [4.78, 5) is 11.6. The highest BCUT2D eigenvalue weighted by atomic mass is 16.5. The second-order valence-corrected chi connectivity index (χ2v) is 4.10. The van der Waals surface area contributed by atoms with E-state index in [2.05, 4.69) is 20.8 Å². The zero-order chi connectivity index (χ0) is 13.7. The summed E-state index contributed by atoms with van der Waals surface area (Å²) in [5.41, 5.74) is 2.66. The van der Waals surface area contributed by atoms with Gasteiger partial charge in [-0.3, -0.25) is 5.10 Å². The number of urea groups is 1. The molecule has 0 aliphatic carbocycles. The summed E-state index contributed by atoms with van der Waals surface area (Å²) >= 11 is 0. The van der Waals surface area contributed by atoms with Crippen LogP contribution in [0.15, 0.2) is 30.6 Å². The molecule has 0 atom stereocenters. The first-order valence-corrected chi connectivity index (χ1v) is 5.86. The van der Waals surface area contributed by atoms with Crippen LogP contribution in [0.4, 0.5) is 10.5 Å². The quantitative estimate of drug-likeness (QED) is 0.787. The van der Waals surface area contributed by atoms with Gasteiger partial charge in [0.1, 0.15) is 5.75 Å². The van der Waals surface area contributed by atoms with Gasteiger partial charge in [-0.2, -0.15) is 5.10 Å². The first-order chi connectivity index (χ1) is 9.19. The number of aryl methyl sites for hydroxylation is 1. The molecule has 0 saturated carbocycles. The molecular weight excluding hydrogens is 244 g/mol. The lowest BCUT2D eigenvalue weighted by molar-refractivity contribution is 0.251. The van der Waals surface area contributed by atoms with Gasteiger partial charge >= 0.3 is 6.03 Å². The number of carbonyl (C=O) groups excluding carboxylic acids is 1. The zero-order valence-corrected chi connectivity index (χ0v) is 10.9. The molecule has 1 aromatic carbocycles. The van der Waals surface area contributed by atoms with Crippen molar-refractivity contribution in [2.24, 2.45) is 0 Å². The molecule has 6 nitrogen and oxygen atoms in total. The monoisotopic (exact) mass is 260 g/mol. The predicted molar refractivity (Wildman–Crippen MR) is 72.2 cm³/mol. The molecule has 19 heavy (non-hydrogen) atoms. The van der Waals surface area contributed by atoms with Crippen molar-refractivity contribution in [3.05, 3.63) is 41.7 Å². The summed E-state index contributed by atoms with van der Waals surface area (Å²) in [7, 11) is 1.63. The highest BCUT2D eigenvalue weighted by molar-refractivity contribution is 5.88. The Kier molecular flexibility index (Phi) is 4.02. The van der Waals surface area contributed by atoms with E-state index >= 15 is 0 Å². The fourth-order valence-corrected chi connectivity index (χ4v) is 1.65. The van der Waals surface area contributed by atoms with E-state index in [1.165, 1.54) is 6.20 Å². The number of benzene rings is 1. The average molecular weight is 260 g/mol. The number of methoxy groups -OCH3 is 1. The van der Waals surface area contributed by atoms with Crippen molar-refractivity contribution in [2.75, 3.05) is 12.4 Å². The highest BCUT2D eigenvalue weighted by Gasteiger charge is 2.04. The summed E-state index contributed by atoms with van der Waals surface area (Å²) in [6, 6.07) is 5.55.